The Bertz CT molecular complexity index is 1590. The van der Waals surface area contributed by atoms with Crippen LogP contribution >= 0.6 is 0 Å². The number of nitrogens with zero attached hydrogens (tertiary/aromatic N) is 4. The molecule has 0 bridgehead atoms. The summed E-state index contributed by atoms with van der Waals surface area (Å²) < 4.78 is 73.3. The third-order valence-corrected chi connectivity index (χ3v) is 7.51. The Balaban J connectivity index is 1.42. The number of carbonyl (C=O) groups excluding carboxylic acids is 2. The van der Waals surface area contributed by atoms with Crippen LogP contribution in [0.4, 0.5) is 29.2 Å². The Morgan fingerprint density at radius 1 is 1.14 bits per heavy atom. The highest BCUT2D eigenvalue weighted by Gasteiger charge is 2.38. The highest BCUT2D eigenvalue weighted by molar-refractivity contribution is 6.01. The first kappa shape index (κ1) is 30.9. The van der Waals surface area contributed by atoms with Gasteiger partial charge in [-0.15, -0.1) is 0 Å². The number of benzene rings is 2. The molecule has 1 saturated heterocycles. The molecule has 1 fully saturated rings. The Hall–Kier alpha value is -4.50. The fourth-order valence-corrected chi connectivity index (χ4v) is 5.19. The number of piperidine rings is 1. The van der Waals surface area contributed by atoms with Crippen LogP contribution in [0.25, 0.3) is 0 Å². The van der Waals surface area contributed by atoms with Gasteiger partial charge >= 0.3 is 6.18 Å². The van der Waals surface area contributed by atoms with Crippen molar-refractivity contribution in [3.05, 3.63) is 64.6 Å². The number of anilines is 2. The number of likely N-dealkylation sites (tertiary alicyclic amines) is 1. The van der Waals surface area contributed by atoms with Crippen LogP contribution in [0.3, 0.4) is 0 Å². The van der Waals surface area contributed by atoms with Crippen LogP contribution in [0.2, 0.25) is 0 Å². The number of aromatic nitrogens is 2. The average molecular weight is 619 g/mol. The van der Waals surface area contributed by atoms with E-state index < -0.39 is 35.3 Å². The Kier molecular flexibility index (Phi) is 8.61. The van der Waals surface area contributed by atoms with Crippen molar-refractivity contribution in [1.29, 1.82) is 0 Å². The van der Waals surface area contributed by atoms with Gasteiger partial charge < -0.3 is 34.6 Å². The number of rotatable bonds is 8. The van der Waals surface area contributed by atoms with Gasteiger partial charge in [0, 0.05) is 39.5 Å². The SMILES string of the molecule is COc1cc(C(=O)N[C@@H]2CCN(C)C[C@H]2OC)c(F)cc1Nc1ncc(C(F)(F)F)c(Oc2cccc3c2C(=O)N(C)C3)n1. The predicted octanol–water partition coefficient (Wildman–Crippen LogP) is 4.21. The van der Waals surface area contributed by atoms with Crippen molar-refractivity contribution in [1.82, 2.24) is 25.1 Å². The summed E-state index contributed by atoms with van der Waals surface area (Å²) in [5.41, 5.74) is -0.919. The Morgan fingerprint density at radius 3 is 2.61 bits per heavy atom. The van der Waals surface area contributed by atoms with Gasteiger partial charge in [0.15, 0.2) is 0 Å². The van der Waals surface area contributed by atoms with Gasteiger partial charge in [-0.05, 0) is 37.7 Å². The number of fused-ring (bicyclic) bond motifs is 1. The van der Waals surface area contributed by atoms with Gasteiger partial charge in [0.05, 0.1) is 36.1 Å². The lowest BCUT2D eigenvalue weighted by molar-refractivity contribution is -0.139. The molecule has 0 saturated carbocycles. The molecule has 2 aliphatic heterocycles. The molecule has 234 valence electrons. The number of methoxy groups -OCH3 is 2. The van der Waals surface area contributed by atoms with Crippen LogP contribution in [-0.4, -0.2) is 85.1 Å². The zero-order valence-corrected chi connectivity index (χ0v) is 24.3. The summed E-state index contributed by atoms with van der Waals surface area (Å²) in [5.74, 6) is -3.36. The van der Waals surface area contributed by atoms with E-state index in [1.807, 2.05) is 7.05 Å². The van der Waals surface area contributed by atoms with Crippen molar-refractivity contribution >= 4 is 23.5 Å². The van der Waals surface area contributed by atoms with Gasteiger partial charge in [-0.1, -0.05) is 12.1 Å². The third kappa shape index (κ3) is 6.24. The van der Waals surface area contributed by atoms with E-state index in [1.54, 1.807) is 19.2 Å². The number of hydrogen-bond donors (Lipinski definition) is 2. The van der Waals surface area contributed by atoms with E-state index >= 15 is 4.39 Å². The van der Waals surface area contributed by atoms with Crippen molar-refractivity contribution in [2.24, 2.45) is 0 Å². The monoisotopic (exact) mass is 618 g/mol. The van der Waals surface area contributed by atoms with E-state index in [0.29, 0.717) is 24.7 Å². The quantitative estimate of drug-likeness (QED) is 0.358. The first-order chi connectivity index (χ1) is 20.9. The van der Waals surface area contributed by atoms with Gasteiger partial charge in [0.25, 0.3) is 11.8 Å². The summed E-state index contributed by atoms with van der Waals surface area (Å²) in [4.78, 5) is 36.7. The zero-order valence-electron chi connectivity index (χ0n) is 24.3. The first-order valence-electron chi connectivity index (χ1n) is 13.6. The smallest absolute Gasteiger partial charge is 0.423 e. The Morgan fingerprint density at radius 2 is 1.91 bits per heavy atom. The molecule has 2 N–H and O–H groups in total. The van der Waals surface area contributed by atoms with E-state index in [0.717, 1.165) is 12.6 Å². The summed E-state index contributed by atoms with van der Waals surface area (Å²) in [6, 6.07) is 6.38. The lowest BCUT2D eigenvalue weighted by Crippen LogP contribution is -2.53. The summed E-state index contributed by atoms with van der Waals surface area (Å²) in [5, 5.41) is 5.45. The average Bonchev–Trinajstić information content (AvgIpc) is 3.27. The number of likely N-dealkylation sites (N-methyl/N-ethyl adjacent to an activating group) is 1. The lowest BCUT2D eigenvalue weighted by atomic mass is 10.0. The van der Waals surface area contributed by atoms with Crippen molar-refractivity contribution in [2.45, 2.75) is 31.3 Å². The van der Waals surface area contributed by atoms with Crippen LogP contribution < -0.4 is 20.1 Å². The molecule has 2 aromatic carbocycles. The summed E-state index contributed by atoms with van der Waals surface area (Å²) in [7, 11) is 6.32. The Labute approximate surface area is 250 Å². The highest BCUT2D eigenvalue weighted by Crippen LogP contribution is 2.40. The number of amides is 2. The third-order valence-electron chi connectivity index (χ3n) is 7.51. The molecule has 15 heteroatoms. The van der Waals surface area contributed by atoms with Gasteiger partial charge in [0.2, 0.25) is 11.8 Å². The van der Waals surface area contributed by atoms with Crippen molar-refractivity contribution in [2.75, 3.05) is 46.7 Å². The molecule has 3 aromatic rings. The second-order valence-corrected chi connectivity index (χ2v) is 10.5. The van der Waals surface area contributed by atoms with E-state index in [9.17, 15) is 22.8 Å². The number of ether oxygens (including phenoxy) is 3. The molecule has 5 rings (SSSR count). The number of nitrogens with one attached hydrogen (secondary N) is 2. The molecule has 3 heterocycles. The van der Waals surface area contributed by atoms with Crippen molar-refractivity contribution in [3.8, 4) is 17.4 Å². The van der Waals surface area contributed by atoms with Gasteiger partial charge in [-0.2, -0.15) is 18.2 Å². The van der Waals surface area contributed by atoms with Crippen LogP contribution in [0.5, 0.6) is 17.4 Å². The minimum atomic E-state index is -4.89. The molecule has 0 unspecified atom stereocenters. The van der Waals surface area contributed by atoms with E-state index in [-0.39, 0.29) is 53.0 Å². The molecule has 2 aliphatic rings. The van der Waals surface area contributed by atoms with Gasteiger partial charge in [0.1, 0.15) is 22.9 Å². The van der Waals surface area contributed by atoms with Crippen LogP contribution in [0.1, 0.15) is 38.3 Å². The minimum Gasteiger partial charge on any atom is -0.495 e. The summed E-state index contributed by atoms with van der Waals surface area (Å²) in [6.07, 6.45) is -4.06. The molecule has 1 aromatic heterocycles. The number of halogens is 4. The first-order valence-corrected chi connectivity index (χ1v) is 13.6. The van der Waals surface area contributed by atoms with Gasteiger partial charge in [-0.25, -0.2) is 9.37 Å². The minimum absolute atomic E-state index is 0.00342. The maximum Gasteiger partial charge on any atom is 0.423 e. The second-order valence-electron chi connectivity index (χ2n) is 10.5. The van der Waals surface area contributed by atoms with E-state index in [2.05, 4.69) is 25.5 Å². The van der Waals surface area contributed by atoms with E-state index in [4.69, 9.17) is 14.2 Å². The maximum absolute atomic E-state index is 15.3. The number of alkyl halides is 3. The number of hydrogen-bond acceptors (Lipinski definition) is 9. The molecule has 11 nitrogen and oxygen atoms in total. The second kappa shape index (κ2) is 12.2. The molecule has 0 aliphatic carbocycles. The topological polar surface area (TPSA) is 118 Å². The highest BCUT2D eigenvalue weighted by atomic mass is 19.4. The van der Waals surface area contributed by atoms with Crippen molar-refractivity contribution < 1.29 is 41.4 Å². The lowest BCUT2D eigenvalue weighted by Gasteiger charge is -2.36. The fraction of sp³-hybridized carbons (Fsp3) is 0.379. The maximum atomic E-state index is 15.3. The van der Waals surface area contributed by atoms with Gasteiger partial charge in [-0.3, -0.25) is 9.59 Å². The summed E-state index contributed by atoms with van der Waals surface area (Å²) in [6.45, 7) is 1.59. The fourth-order valence-electron chi connectivity index (χ4n) is 5.19. The molecule has 44 heavy (non-hydrogen) atoms. The molecular formula is C29H30F4N6O5. The molecule has 0 radical (unpaired) electrons. The predicted molar refractivity (Wildman–Crippen MR) is 150 cm³/mol. The van der Waals surface area contributed by atoms with E-state index in [1.165, 1.54) is 31.3 Å². The molecule has 2 atom stereocenters. The standard InChI is InChI=1S/C29H30F4N6O5/c1-38-9-8-19(23(14-38)43-4)35-25(40)16-10-22(42-3)20(11-18(16)30)36-28-34-12-17(29(31,32)33)26(37-28)44-21-7-5-6-15-13-39(2)27(41)24(15)21/h5-7,10-12,19,23H,8-9,13-14H2,1-4H3,(H,35,40)(H,34,36,37)/t19-,23-/m1/s1. The number of carbonyl (C=O) groups is 2. The molecule has 0 spiro atoms. The zero-order chi connectivity index (χ0) is 31.8. The normalized spacial score (nSPS) is 18.6. The molecule has 2 amide bonds. The van der Waals surface area contributed by atoms with Crippen LogP contribution in [0.15, 0.2) is 36.5 Å². The van der Waals surface area contributed by atoms with Crippen molar-refractivity contribution in [3.63, 3.8) is 0 Å². The van der Waals surface area contributed by atoms with Crippen LogP contribution in [-0.2, 0) is 17.5 Å². The summed E-state index contributed by atoms with van der Waals surface area (Å²) >= 11 is 0. The largest absolute Gasteiger partial charge is 0.495 e. The van der Waals surface area contributed by atoms with Crippen LogP contribution in [0, 0.1) is 5.82 Å². The molecular weight excluding hydrogens is 588 g/mol.